The molecule has 2 aliphatic rings. The lowest BCUT2D eigenvalue weighted by Crippen LogP contribution is -2.55. The van der Waals surface area contributed by atoms with Gasteiger partial charge in [0, 0.05) is 32.4 Å². The first kappa shape index (κ1) is 19.3. The van der Waals surface area contributed by atoms with Crippen LogP contribution in [0.2, 0.25) is 0 Å². The van der Waals surface area contributed by atoms with Gasteiger partial charge in [-0.3, -0.25) is 10.2 Å². The van der Waals surface area contributed by atoms with Crippen LogP contribution in [0.3, 0.4) is 0 Å². The number of hydrogen-bond acceptors (Lipinski definition) is 7. The molecule has 28 heavy (non-hydrogen) atoms. The highest BCUT2D eigenvalue weighted by Crippen LogP contribution is 2.29. The first-order chi connectivity index (χ1) is 13.4. The molecule has 0 radical (unpaired) electrons. The molecule has 2 saturated heterocycles. The van der Waals surface area contributed by atoms with Crippen molar-refractivity contribution in [3.63, 3.8) is 0 Å². The zero-order chi connectivity index (χ0) is 19.7. The Morgan fingerprint density at radius 3 is 2.50 bits per heavy atom. The fraction of sp³-hybridized carbons (Fsp3) is 0.444. The Morgan fingerprint density at radius 2 is 1.86 bits per heavy atom. The van der Waals surface area contributed by atoms with Gasteiger partial charge in [0.1, 0.15) is 0 Å². The van der Waals surface area contributed by atoms with Crippen molar-refractivity contribution in [2.24, 2.45) is 0 Å². The lowest BCUT2D eigenvalue weighted by molar-refractivity contribution is 0.0545. The van der Waals surface area contributed by atoms with Crippen LogP contribution in [0.5, 0.6) is 0 Å². The lowest BCUT2D eigenvalue weighted by atomic mass is 10.1. The van der Waals surface area contributed by atoms with Gasteiger partial charge in [-0.1, -0.05) is 41.7 Å². The number of aliphatic hydroxyl groups excluding tert-OH is 1. The summed E-state index contributed by atoms with van der Waals surface area (Å²) < 4.78 is 23.4. The number of anilines is 1. The molecule has 1 aromatic carbocycles. The van der Waals surface area contributed by atoms with Crippen LogP contribution >= 0.6 is 11.3 Å². The van der Waals surface area contributed by atoms with Crippen molar-refractivity contribution in [1.82, 2.24) is 14.8 Å². The minimum Gasteiger partial charge on any atom is -0.390 e. The molecule has 2 amide bonds. The number of hydrogen-bond donors (Lipinski definition) is 2. The Balaban J connectivity index is 1.32. The molecule has 4 rings (SSSR count). The second kappa shape index (κ2) is 7.78. The van der Waals surface area contributed by atoms with E-state index in [0.717, 1.165) is 10.4 Å². The van der Waals surface area contributed by atoms with Gasteiger partial charge in [-0.15, -0.1) is 0 Å². The molecule has 0 bridgehead atoms. The number of aromatic nitrogens is 1. The Hall–Kier alpha value is -2.01. The van der Waals surface area contributed by atoms with Crippen molar-refractivity contribution in [3.05, 3.63) is 36.5 Å². The number of carbonyl (C=O) groups excluding carboxylic acids is 1. The maximum atomic E-state index is 12.5. The summed E-state index contributed by atoms with van der Waals surface area (Å²) in [6.07, 6.45) is 0.896. The predicted octanol–water partition coefficient (Wildman–Crippen LogP) is 1.12. The Kier molecular flexibility index (Phi) is 5.37. The summed E-state index contributed by atoms with van der Waals surface area (Å²) in [6.45, 7) is 2.04. The van der Waals surface area contributed by atoms with Gasteiger partial charge in [0.25, 0.3) is 0 Å². The van der Waals surface area contributed by atoms with Crippen LogP contribution in [0.1, 0.15) is 0 Å². The second-order valence-corrected chi connectivity index (χ2v) is 10.2. The molecule has 3 heterocycles. The van der Waals surface area contributed by atoms with Gasteiger partial charge in [-0.05, 0) is 5.56 Å². The molecule has 2 N–H and O–H groups in total. The molecule has 150 valence electrons. The average molecular weight is 423 g/mol. The van der Waals surface area contributed by atoms with Crippen LogP contribution in [0.4, 0.5) is 9.93 Å². The summed E-state index contributed by atoms with van der Waals surface area (Å²) in [6, 6.07) is 9.27. The summed E-state index contributed by atoms with van der Waals surface area (Å²) in [5, 5.41) is 13.4. The van der Waals surface area contributed by atoms with E-state index in [2.05, 4.69) is 10.3 Å². The second-order valence-electron chi connectivity index (χ2n) is 7.06. The zero-order valence-electron chi connectivity index (χ0n) is 15.2. The minimum atomic E-state index is -3.18. The van der Waals surface area contributed by atoms with E-state index in [0.29, 0.717) is 31.3 Å². The summed E-state index contributed by atoms with van der Waals surface area (Å²) in [5.41, 5.74) is 1.05. The molecule has 8 nitrogen and oxygen atoms in total. The number of amides is 2. The minimum absolute atomic E-state index is 0.0122. The van der Waals surface area contributed by atoms with Crippen molar-refractivity contribution in [2.45, 2.75) is 12.1 Å². The third-order valence-corrected chi connectivity index (χ3v) is 7.80. The van der Waals surface area contributed by atoms with E-state index in [1.165, 1.54) is 11.3 Å². The highest BCUT2D eigenvalue weighted by atomic mass is 32.2. The number of aliphatic hydroxyl groups is 1. The van der Waals surface area contributed by atoms with Gasteiger partial charge in [0.05, 0.1) is 28.5 Å². The molecule has 2 aromatic rings. The molecule has 0 aliphatic carbocycles. The van der Waals surface area contributed by atoms with Crippen LogP contribution in [0.25, 0.3) is 10.4 Å². The van der Waals surface area contributed by atoms with E-state index in [9.17, 15) is 18.3 Å². The van der Waals surface area contributed by atoms with E-state index < -0.39 is 15.9 Å². The number of thiazole rings is 1. The topological polar surface area (TPSA) is 103 Å². The van der Waals surface area contributed by atoms with E-state index in [1.54, 1.807) is 11.1 Å². The van der Waals surface area contributed by atoms with Crippen LogP contribution in [0.15, 0.2) is 36.5 Å². The number of benzene rings is 1. The van der Waals surface area contributed by atoms with E-state index in [4.69, 9.17) is 0 Å². The Bertz CT molecular complexity index is 940. The normalized spacial score (nSPS) is 25.0. The van der Waals surface area contributed by atoms with Crippen molar-refractivity contribution in [2.75, 3.05) is 43.0 Å². The first-order valence-electron chi connectivity index (χ1n) is 9.11. The maximum absolute atomic E-state index is 12.5. The monoisotopic (exact) mass is 422 g/mol. The number of carbonyl (C=O) groups is 1. The predicted molar refractivity (Wildman–Crippen MR) is 108 cm³/mol. The molecule has 2 aliphatic heterocycles. The number of urea groups is 1. The summed E-state index contributed by atoms with van der Waals surface area (Å²) in [7, 11) is -3.18. The Labute approximate surface area is 167 Å². The molecule has 1 aromatic heterocycles. The number of rotatable bonds is 3. The number of nitrogens with one attached hydrogen (secondary N) is 1. The highest BCUT2D eigenvalue weighted by Gasteiger charge is 2.41. The SMILES string of the molecule is O=C(Nc1ncc(-c2ccccc2)s1)N1CCN([C@H]2CS(=O)(=O)C[C@H]2O)CC1. The largest absolute Gasteiger partial charge is 0.390 e. The quantitative estimate of drug-likeness (QED) is 0.768. The van der Waals surface area contributed by atoms with Gasteiger partial charge in [-0.25, -0.2) is 18.2 Å². The smallest absolute Gasteiger partial charge is 0.323 e. The summed E-state index contributed by atoms with van der Waals surface area (Å²) >= 11 is 1.42. The van der Waals surface area contributed by atoms with Crippen LogP contribution in [0, 0.1) is 0 Å². The highest BCUT2D eigenvalue weighted by molar-refractivity contribution is 7.91. The first-order valence-corrected chi connectivity index (χ1v) is 11.7. The number of piperazine rings is 1. The third kappa shape index (κ3) is 4.19. The lowest BCUT2D eigenvalue weighted by Gasteiger charge is -2.38. The van der Waals surface area contributed by atoms with Crippen molar-refractivity contribution >= 4 is 32.3 Å². The van der Waals surface area contributed by atoms with Gasteiger partial charge in [-0.2, -0.15) is 0 Å². The fourth-order valence-corrected chi connectivity index (χ4v) is 6.30. The summed E-state index contributed by atoms with van der Waals surface area (Å²) in [5.74, 6) is -0.187. The van der Waals surface area contributed by atoms with Crippen molar-refractivity contribution in [1.29, 1.82) is 0 Å². The standard InChI is InChI=1S/C18H22N4O4S2/c23-15-12-28(25,26)11-14(15)21-6-8-22(9-7-21)18(24)20-17-19-10-16(27-17)13-4-2-1-3-5-13/h1-5,10,14-15,23H,6-9,11-12H2,(H,19,20,24)/t14-,15+/m0/s1. The number of nitrogens with zero attached hydrogens (tertiary/aromatic N) is 3. The average Bonchev–Trinajstić information content (AvgIpc) is 3.26. The molecule has 10 heteroatoms. The molecule has 2 atom stereocenters. The van der Waals surface area contributed by atoms with E-state index in [-0.39, 0.29) is 23.6 Å². The van der Waals surface area contributed by atoms with Crippen molar-refractivity contribution in [3.8, 4) is 10.4 Å². The van der Waals surface area contributed by atoms with Crippen LogP contribution in [-0.2, 0) is 9.84 Å². The third-order valence-electron chi connectivity index (χ3n) is 5.14. The summed E-state index contributed by atoms with van der Waals surface area (Å²) in [4.78, 5) is 21.4. The van der Waals surface area contributed by atoms with Gasteiger partial charge in [0.2, 0.25) is 0 Å². The molecular formula is C18H22N4O4S2. The molecular weight excluding hydrogens is 400 g/mol. The van der Waals surface area contributed by atoms with Gasteiger partial charge in [0.15, 0.2) is 15.0 Å². The van der Waals surface area contributed by atoms with Crippen molar-refractivity contribution < 1.29 is 18.3 Å². The molecule has 2 fully saturated rings. The van der Waals surface area contributed by atoms with E-state index >= 15 is 0 Å². The number of sulfone groups is 1. The van der Waals surface area contributed by atoms with Gasteiger partial charge < -0.3 is 10.0 Å². The van der Waals surface area contributed by atoms with Gasteiger partial charge >= 0.3 is 6.03 Å². The molecule has 0 spiro atoms. The Morgan fingerprint density at radius 1 is 1.14 bits per heavy atom. The van der Waals surface area contributed by atoms with Crippen LogP contribution < -0.4 is 5.32 Å². The van der Waals surface area contributed by atoms with Crippen LogP contribution in [-0.4, -0.2) is 84.2 Å². The zero-order valence-corrected chi connectivity index (χ0v) is 16.8. The molecule has 0 saturated carbocycles. The van der Waals surface area contributed by atoms with E-state index in [1.807, 2.05) is 35.2 Å². The molecule has 0 unspecified atom stereocenters. The fourth-order valence-electron chi connectivity index (χ4n) is 3.65. The maximum Gasteiger partial charge on any atom is 0.323 e.